The zero-order valence-electron chi connectivity index (χ0n) is 18.3. The van der Waals surface area contributed by atoms with Crippen molar-refractivity contribution in [1.82, 2.24) is 20.1 Å². The lowest BCUT2D eigenvalue weighted by Gasteiger charge is -2.32. The molecule has 0 saturated carbocycles. The molecule has 2 N–H and O–H groups in total. The summed E-state index contributed by atoms with van der Waals surface area (Å²) >= 11 is 1.50. The number of carboxylic acid groups (broad SMARTS) is 1. The van der Waals surface area contributed by atoms with Crippen LogP contribution >= 0.6 is 11.3 Å². The largest absolute Gasteiger partial charge is 0.480 e. The molecule has 1 aliphatic rings. The highest BCUT2D eigenvalue weighted by atomic mass is 32.1. The first-order chi connectivity index (χ1) is 14.9. The van der Waals surface area contributed by atoms with Crippen LogP contribution in [0.1, 0.15) is 37.4 Å². The Morgan fingerprint density at radius 3 is 2.55 bits per heavy atom. The molecule has 2 heterocycles. The first kappa shape index (κ1) is 23.4. The van der Waals surface area contributed by atoms with E-state index in [1.807, 2.05) is 12.3 Å². The van der Waals surface area contributed by atoms with Crippen molar-refractivity contribution in [3.05, 3.63) is 40.9 Å². The number of piperazine rings is 1. The Hall–Kier alpha value is -2.29. The SMILES string of the molecule is CCCCC(NC(=O)Cc1csc(-c2ccc(CN3CCN(C)CC3)cc2)n1)C(=O)O. The number of hydrogen-bond acceptors (Lipinski definition) is 6. The maximum absolute atomic E-state index is 12.3. The zero-order chi connectivity index (χ0) is 22.2. The highest BCUT2D eigenvalue weighted by Crippen LogP contribution is 2.24. The topological polar surface area (TPSA) is 85.8 Å². The van der Waals surface area contributed by atoms with Crippen molar-refractivity contribution in [2.75, 3.05) is 33.2 Å². The first-order valence-electron chi connectivity index (χ1n) is 10.9. The van der Waals surface area contributed by atoms with Crippen molar-refractivity contribution in [1.29, 1.82) is 0 Å². The van der Waals surface area contributed by atoms with Gasteiger partial charge in [0.1, 0.15) is 11.0 Å². The first-order valence-corrected chi connectivity index (χ1v) is 11.8. The van der Waals surface area contributed by atoms with Crippen LogP contribution < -0.4 is 5.32 Å². The monoisotopic (exact) mass is 444 g/mol. The van der Waals surface area contributed by atoms with Gasteiger partial charge in [0, 0.05) is 43.7 Å². The highest BCUT2D eigenvalue weighted by Gasteiger charge is 2.20. The normalized spacial score (nSPS) is 16.2. The van der Waals surface area contributed by atoms with Crippen molar-refractivity contribution >= 4 is 23.2 Å². The molecular weight excluding hydrogens is 412 g/mol. The summed E-state index contributed by atoms with van der Waals surface area (Å²) in [5.74, 6) is -1.29. The van der Waals surface area contributed by atoms with Gasteiger partial charge < -0.3 is 15.3 Å². The summed E-state index contributed by atoms with van der Waals surface area (Å²) in [6, 6.07) is 7.62. The molecule has 0 spiro atoms. The minimum Gasteiger partial charge on any atom is -0.480 e. The number of carbonyl (C=O) groups is 2. The molecule has 31 heavy (non-hydrogen) atoms. The van der Waals surface area contributed by atoms with E-state index in [1.54, 1.807) is 0 Å². The number of aliphatic carboxylic acids is 1. The third-order valence-corrected chi connectivity index (χ3v) is 6.52. The molecule has 1 aromatic heterocycles. The zero-order valence-corrected chi connectivity index (χ0v) is 19.2. The fourth-order valence-electron chi connectivity index (χ4n) is 3.61. The number of unbranched alkanes of at least 4 members (excludes halogenated alkanes) is 1. The molecule has 0 radical (unpaired) electrons. The van der Waals surface area contributed by atoms with Crippen LogP contribution in [0.3, 0.4) is 0 Å². The molecule has 2 aromatic rings. The molecule has 1 unspecified atom stereocenters. The molecule has 1 saturated heterocycles. The molecule has 168 valence electrons. The van der Waals surface area contributed by atoms with Crippen LogP contribution in [0.4, 0.5) is 0 Å². The van der Waals surface area contributed by atoms with Gasteiger partial charge in [0.25, 0.3) is 0 Å². The van der Waals surface area contributed by atoms with E-state index in [-0.39, 0.29) is 12.3 Å². The second-order valence-electron chi connectivity index (χ2n) is 8.20. The summed E-state index contributed by atoms with van der Waals surface area (Å²) in [6.45, 7) is 7.37. The third kappa shape index (κ3) is 7.12. The quantitative estimate of drug-likeness (QED) is 0.586. The van der Waals surface area contributed by atoms with E-state index < -0.39 is 12.0 Å². The van der Waals surface area contributed by atoms with Crippen molar-refractivity contribution in [2.24, 2.45) is 0 Å². The highest BCUT2D eigenvalue weighted by molar-refractivity contribution is 7.13. The fourth-order valence-corrected chi connectivity index (χ4v) is 4.44. The Kier molecular flexibility index (Phi) is 8.57. The molecule has 1 amide bonds. The summed E-state index contributed by atoms with van der Waals surface area (Å²) in [5, 5.41) is 14.6. The van der Waals surface area contributed by atoms with Crippen LogP contribution in [0.5, 0.6) is 0 Å². The Balaban J connectivity index is 1.54. The molecular formula is C23H32N4O3S. The number of aromatic nitrogens is 1. The van der Waals surface area contributed by atoms with Crippen molar-refractivity contribution in [3.63, 3.8) is 0 Å². The average molecular weight is 445 g/mol. The minimum absolute atomic E-state index is 0.0912. The number of amides is 1. The molecule has 1 aliphatic heterocycles. The fraction of sp³-hybridized carbons (Fsp3) is 0.522. The van der Waals surface area contributed by atoms with Crippen LogP contribution in [0.15, 0.2) is 29.6 Å². The second kappa shape index (κ2) is 11.4. The molecule has 3 rings (SSSR count). The van der Waals surface area contributed by atoms with E-state index >= 15 is 0 Å². The Morgan fingerprint density at radius 2 is 1.90 bits per heavy atom. The van der Waals surface area contributed by atoms with E-state index in [0.29, 0.717) is 12.1 Å². The molecule has 1 atom stereocenters. The molecule has 8 heteroatoms. The number of hydrogen-bond donors (Lipinski definition) is 2. The lowest BCUT2D eigenvalue weighted by Crippen LogP contribution is -2.43. The smallest absolute Gasteiger partial charge is 0.326 e. The van der Waals surface area contributed by atoms with Gasteiger partial charge in [-0.15, -0.1) is 11.3 Å². The van der Waals surface area contributed by atoms with Crippen molar-refractivity contribution < 1.29 is 14.7 Å². The van der Waals surface area contributed by atoms with Crippen LogP contribution in [0.2, 0.25) is 0 Å². The van der Waals surface area contributed by atoms with Crippen LogP contribution in [-0.2, 0) is 22.6 Å². The maximum atomic E-state index is 12.3. The van der Waals surface area contributed by atoms with Gasteiger partial charge >= 0.3 is 5.97 Å². The number of benzene rings is 1. The van der Waals surface area contributed by atoms with E-state index in [2.05, 4.69) is 51.4 Å². The van der Waals surface area contributed by atoms with Crippen LogP contribution in [0.25, 0.3) is 10.6 Å². The van der Waals surface area contributed by atoms with Crippen LogP contribution in [-0.4, -0.2) is 71.0 Å². The molecule has 1 fully saturated rings. The molecule has 0 aliphatic carbocycles. The number of carboxylic acids is 1. The van der Waals surface area contributed by atoms with Crippen LogP contribution in [0, 0.1) is 0 Å². The van der Waals surface area contributed by atoms with Gasteiger partial charge in [0.05, 0.1) is 12.1 Å². The standard InChI is InChI=1S/C23H32N4O3S/c1-3-4-5-20(23(29)30)25-21(28)14-19-16-31-22(24-19)18-8-6-17(7-9-18)15-27-12-10-26(2)11-13-27/h6-9,16,20H,3-5,10-15H2,1-2H3,(H,25,28)(H,29,30). The maximum Gasteiger partial charge on any atom is 0.326 e. The number of nitrogens with zero attached hydrogens (tertiary/aromatic N) is 3. The third-order valence-electron chi connectivity index (χ3n) is 5.58. The summed E-state index contributed by atoms with van der Waals surface area (Å²) in [6.07, 6.45) is 2.19. The van der Waals surface area contributed by atoms with Gasteiger partial charge in [-0.2, -0.15) is 0 Å². The Bertz CT molecular complexity index is 860. The number of likely N-dealkylation sites (N-methyl/N-ethyl adjacent to an activating group) is 1. The average Bonchev–Trinajstić information content (AvgIpc) is 3.21. The number of thiazole rings is 1. The molecule has 7 nitrogen and oxygen atoms in total. The second-order valence-corrected chi connectivity index (χ2v) is 9.06. The predicted molar refractivity (Wildman–Crippen MR) is 123 cm³/mol. The summed E-state index contributed by atoms with van der Waals surface area (Å²) < 4.78 is 0. The van der Waals surface area contributed by atoms with Gasteiger partial charge in [-0.1, -0.05) is 44.0 Å². The van der Waals surface area contributed by atoms with Gasteiger partial charge in [0.2, 0.25) is 5.91 Å². The molecule has 1 aromatic carbocycles. The van der Waals surface area contributed by atoms with E-state index in [1.165, 1.54) is 16.9 Å². The summed E-state index contributed by atoms with van der Waals surface area (Å²) in [5.41, 5.74) is 2.99. The lowest BCUT2D eigenvalue weighted by atomic mass is 10.1. The minimum atomic E-state index is -0.988. The van der Waals surface area contributed by atoms with Crippen molar-refractivity contribution in [3.8, 4) is 10.6 Å². The molecule has 0 bridgehead atoms. The predicted octanol–water partition coefficient (Wildman–Crippen LogP) is 2.86. The van der Waals surface area contributed by atoms with E-state index in [9.17, 15) is 14.7 Å². The van der Waals surface area contributed by atoms with Gasteiger partial charge in [-0.25, -0.2) is 9.78 Å². The van der Waals surface area contributed by atoms with Gasteiger partial charge in [-0.3, -0.25) is 9.69 Å². The van der Waals surface area contributed by atoms with Gasteiger partial charge in [0.15, 0.2) is 0 Å². The van der Waals surface area contributed by atoms with E-state index in [0.717, 1.165) is 56.1 Å². The summed E-state index contributed by atoms with van der Waals surface area (Å²) in [7, 11) is 2.16. The lowest BCUT2D eigenvalue weighted by molar-refractivity contribution is -0.142. The van der Waals surface area contributed by atoms with E-state index in [4.69, 9.17) is 0 Å². The number of nitrogens with one attached hydrogen (secondary N) is 1. The van der Waals surface area contributed by atoms with Crippen molar-refractivity contribution in [2.45, 2.75) is 45.2 Å². The van der Waals surface area contributed by atoms with Gasteiger partial charge in [-0.05, 0) is 19.0 Å². The Morgan fingerprint density at radius 1 is 1.19 bits per heavy atom. The number of rotatable bonds is 10. The summed E-state index contributed by atoms with van der Waals surface area (Å²) in [4.78, 5) is 33.0. The number of carbonyl (C=O) groups excluding carboxylic acids is 1. The Labute approximate surface area is 188 Å².